The number of nitrogens with one attached hydrogen (secondary N) is 3. The first-order chi connectivity index (χ1) is 23.6. The number of hydrogen-bond donors (Lipinski definition) is 3. The van der Waals surface area contributed by atoms with Crippen molar-refractivity contribution in [1.82, 2.24) is 25.0 Å². The molecule has 1 fully saturated rings. The summed E-state index contributed by atoms with van der Waals surface area (Å²) in [7, 11) is 0. The summed E-state index contributed by atoms with van der Waals surface area (Å²) in [6.45, 7) is 13.1. The standard InChI is InChI=1S/C38H43N7O4/c1-26-9-11-28(12-10-26)45-35(24-34(43-45)38(2,3)4)42-37(47)41-31-13-14-33(30-8-6-5-7-29(30)31)49-25-27-15-16-39-32(23-27)36(46)40-17-18-44-19-21-48-22-20-44/h5-16,23-24H,17-22,25H2,1-4H3,(H,40,46)(H2,41,42,47). The molecule has 11 nitrogen and oxygen atoms in total. The molecule has 0 atom stereocenters. The molecule has 3 N–H and O–H groups in total. The van der Waals surface area contributed by atoms with E-state index in [0.29, 0.717) is 29.5 Å². The van der Waals surface area contributed by atoms with Gasteiger partial charge in [0.1, 0.15) is 23.9 Å². The zero-order valence-electron chi connectivity index (χ0n) is 28.5. The maximum atomic E-state index is 13.4. The van der Waals surface area contributed by atoms with Crippen LogP contribution in [0.5, 0.6) is 5.75 Å². The molecule has 0 bridgehead atoms. The first-order valence-corrected chi connectivity index (χ1v) is 16.6. The quantitative estimate of drug-likeness (QED) is 0.160. The molecule has 6 rings (SSSR count). The number of ether oxygens (including phenoxy) is 2. The smallest absolute Gasteiger partial charge is 0.324 e. The molecule has 11 heteroatoms. The van der Waals surface area contributed by atoms with Gasteiger partial charge in [-0.1, -0.05) is 62.7 Å². The minimum Gasteiger partial charge on any atom is -0.488 e. The van der Waals surface area contributed by atoms with Crippen LogP contribution in [0.3, 0.4) is 0 Å². The van der Waals surface area contributed by atoms with Crippen molar-refractivity contribution in [2.24, 2.45) is 0 Å². The Balaban J connectivity index is 1.12. The predicted octanol–water partition coefficient (Wildman–Crippen LogP) is 6.31. The first kappa shape index (κ1) is 33.6. The molecule has 49 heavy (non-hydrogen) atoms. The molecule has 3 aromatic carbocycles. The van der Waals surface area contributed by atoms with Gasteiger partial charge in [0.2, 0.25) is 0 Å². The number of rotatable bonds is 10. The molecule has 2 aromatic heterocycles. The van der Waals surface area contributed by atoms with Gasteiger partial charge in [-0.25, -0.2) is 9.48 Å². The number of anilines is 2. The van der Waals surface area contributed by atoms with Crippen LogP contribution in [0.2, 0.25) is 0 Å². The lowest BCUT2D eigenvalue weighted by Gasteiger charge is -2.26. The Labute approximate surface area is 286 Å². The van der Waals surface area contributed by atoms with E-state index in [-0.39, 0.29) is 24.0 Å². The van der Waals surface area contributed by atoms with Gasteiger partial charge in [-0.3, -0.25) is 20.0 Å². The first-order valence-electron chi connectivity index (χ1n) is 16.6. The van der Waals surface area contributed by atoms with E-state index >= 15 is 0 Å². The summed E-state index contributed by atoms with van der Waals surface area (Å²) < 4.78 is 13.4. The summed E-state index contributed by atoms with van der Waals surface area (Å²) in [4.78, 5) is 32.7. The molecule has 1 aliphatic heterocycles. The lowest BCUT2D eigenvalue weighted by molar-refractivity contribution is 0.0383. The number of benzene rings is 3. The Morgan fingerprint density at radius 1 is 0.918 bits per heavy atom. The zero-order chi connectivity index (χ0) is 34.4. The normalized spacial score (nSPS) is 13.6. The summed E-state index contributed by atoms with van der Waals surface area (Å²) in [5.74, 6) is 1.01. The van der Waals surface area contributed by atoms with Crippen molar-refractivity contribution in [2.75, 3.05) is 50.0 Å². The number of urea groups is 1. The number of carbonyl (C=O) groups is 2. The summed E-state index contributed by atoms with van der Waals surface area (Å²) >= 11 is 0. The van der Waals surface area contributed by atoms with Crippen molar-refractivity contribution in [2.45, 2.75) is 39.7 Å². The van der Waals surface area contributed by atoms with Gasteiger partial charge < -0.3 is 20.1 Å². The topological polar surface area (TPSA) is 123 Å². The Morgan fingerprint density at radius 3 is 2.43 bits per heavy atom. The Bertz CT molecular complexity index is 1930. The lowest BCUT2D eigenvalue weighted by atomic mass is 9.92. The number of hydrogen-bond acceptors (Lipinski definition) is 7. The monoisotopic (exact) mass is 661 g/mol. The fourth-order valence-electron chi connectivity index (χ4n) is 5.59. The highest BCUT2D eigenvalue weighted by Gasteiger charge is 2.22. The molecular weight excluding hydrogens is 618 g/mol. The van der Waals surface area contributed by atoms with Crippen LogP contribution in [0.25, 0.3) is 16.5 Å². The van der Waals surface area contributed by atoms with Crippen LogP contribution in [-0.2, 0) is 16.8 Å². The van der Waals surface area contributed by atoms with Gasteiger partial charge in [-0.2, -0.15) is 5.10 Å². The van der Waals surface area contributed by atoms with Gasteiger partial charge in [0.15, 0.2) is 0 Å². The maximum absolute atomic E-state index is 13.4. The molecule has 5 aromatic rings. The molecule has 254 valence electrons. The summed E-state index contributed by atoms with van der Waals surface area (Å²) in [5.41, 5.74) is 4.45. The highest BCUT2D eigenvalue weighted by molar-refractivity contribution is 6.07. The predicted molar refractivity (Wildman–Crippen MR) is 192 cm³/mol. The van der Waals surface area contributed by atoms with Crippen molar-refractivity contribution in [3.63, 3.8) is 0 Å². The van der Waals surface area contributed by atoms with Crippen molar-refractivity contribution in [1.29, 1.82) is 0 Å². The van der Waals surface area contributed by atoms with Crippen LogP contribution in [0, 0.1) is 6.92 Å². The number of aryl methyl sites for hydroxylation is 1. The number of carbonyl (C=O) groups excluding carboxylic acids is 2. The number of morpholine rings is 1. The molecule has 1 saturated heterocycles. The van der Waals surface area contributed by atoms with E-state index < -0.39 is 0 Å². The molecule has 0 aliphatic carbocycles. The van der Waals surface area contributed by atoms with Crippen LogP contribution in [-0.4, -0.2) is 71.0 Å². The average molecular weight is 662 g/mol. The van der Waals surface area contributed by atoms with Crippen molar-refractivity contribution in [3.8, 4) is 11.4 Å². The molecule has 0 spiro atoms. The highest BCUT2D eigenvalue weighted by Crippen LogP contribution is 2.33. The van der Waals surface area contributed by atoms with E-state index in [1.54, 1.807) is 16.9 Å². The maximum Gasteiger partial charge on any atom is 0.324 e. The van der Waals surface area contributed by atoms with E-state index in [1.165, 1.54) is 0 Å². The van der Waals surface area contributed by atoms with Crippen LogP contribution >= 0.6 is 0 Å². The minimum absolute atomic E-state index is 0.206. The molecule has 3 amide bonds. The van der Waals surface area contributed by atoms with E-state index in [2.05, 4.69) is 46.6 Å². The summed E-state index contributed by atoms with van der Waals surface area (Å²) in [5, 5.41) is 15.5. The molecule has 0 saturated carbocycles. The Hall–Kier alpha value is -5.26. The van der Waals surface area contributed by atoms with Gasteiger partial charge in [-0.05, 0) is 48.9 Å². The van der Waals surface area contributed by atoms with Gasteiger partial charge in [0.25, 0.3) is 5.91 Å². The average Bonchev–Trinajstić information content (AvgIpc) is 3.53. The lowest BCUT2D eigenvalue weighted by Crippen LogP contribution is -2.41. The number of amides is 3. The van der Waals surface area contributed by atoms with E-state index in [0.717, 1.165) is 66.1 Å². The number of fused-ring (bicyclic) bond motifs is 1. The van der Waals surface area contributed by atoms with E-state index in [1.807, 2.05) is 79.7 Å². The fraction of sp³-hybridized carbons (Fsp3) is 0.316. The largest absolute Gasteiger partial charge is 0.488 e. The third-order valence-corrected chi connectivity index (χ3v) is 8.40. The second-order valence-electron chi connectivity index (χ2n) is 13.2. The second-order valence-corrected chi connectivity index (χ2v) is 13.2. The van der Waals surface area contributed by atoms with Crippen molar-refractivity contribution >= 4 is 34.2 Å². The van der Waals surface area contributed by atoms with Gasteiger partial charge >= 0.3 is 6.03 Å². The highest BCUT2D eigenvalue weighted by atomic mass is 16.5. The third-order valence-electron chi connectivity index (χ3n) is 8.40. The molecule has 0 unspecified atom stereocenters. The molecule has 0 radical (unpaired) electrons. The van der Waals surface area contributed by atoms with Crippen LogP contribution in [0.4, 0.5) is 16.3 Å². The minimum atomic E-state index is -0.389. The second kappa shape index (κ2) is 14.9. The van der Waals surface area contributed by atoms with Gasteiger partial charge in [0, 0.05) is 54.6 Å². The SMILES string of the molecule is Cc1ccc(-n2nc(C(C)(C)C)cc2NC(=O)Nc2ccc(OCc3ccnc(C(=O)NCCN4CCOCC4)c3)c3ccccc23)cc1. The Kier molecular flexibility index (Phi) is 10.2. The summed E-state index contributed by atoms with van der Waals surface area (Å²) in [6.07, 6.45) is 1.62. The molecule has 3 heterocycles. The van der Waals surface area contributed by atoms with E-state index in [9.17, 15) is 9.59 Å². The molecular formula is C38H43N7O4. The van der Waals surface area contributed by atoms with Crippen LogP contribution < -0.4 is 20.7 Å². The number of aromatic nitrogens is 3. The zero-order valence-corrected chi connectivity index (χ0v) is 28.5. The van der Waals surface area contributed by atoms with Gasteiger partial charge in [-0.15, -0.1) is 0 Å². The number of pyridine rings is 1. The van der Waals surface area contributed by atoms with Crippen molar-refractivity contribution in [3.05, 3.63) is 108 Å². The summed E-state index contributed by atoms with van der Waals surface area (Å²) in [6, 6.07) is 24.5. The number of nitrogens with zero attached hydrogens (tertiary/aromatic N) is 4. The van der Waals surface area contributed by atoms with Crippen molar-refractivity contribution < 1.29 is 19.1 Å². The van der Waals surface area contributed by atoms with Crippen LogP contribution in [0.15, 0.2) is 85.1 Å². The van der Waals surface area contributed by atoms with Gasteiger partial charge in [0.05, 0.1) is 30.3 Å². The Morgan fingerprint density at radius 2 is 1.67 bits per heavy atom. The molecule has 1 aliphatic rings. The van der Waals surface area contributed by atoms with Crippen LogP contribution in [0.1, 0.15) is 48.1 Å². The fourth-order valence-corrected chi connectivity index (χ4v) is 5.59. The third kappa shape index (κ3) is 8.43. The van der Waals surface area contributed by atoms with E-state index in [4.69, 9.17) is 14.6 Å².